The second-order valence-corrected chi connectivity index (χ2v) is 4.08. The fraction of sp³-hybridized carbons (Fsp3) is 0.214. The summed E-state index contributed by atoms with van der Waals surface area (Å²) in [6, 6.07) is 6.56. The van der Waals surface area contributed by atoms with Gasteiger partial charge in [0.05, 0.1) is 18.5 Å². The molecule has 0 aliphatic carbocycles. The zero-order valence-electron chi connectivity index (χ0n) is 11.1. The Kier molecular flexibility index (Phi) is 4.49. The van der Waals surface area contributed by atoms with Gasteiger partial charge in [0.2, 0.25) is 5.91 Å². The summed E-state index contributed by atoms with van der Waals surface area (Å²) in [6.45, 7) is 2.28. The molecule has 0 saturated carbocycles. The molecule has 0 aliphatic rings. The van der Waals surface area contributed by atoms with Crippen molar-refractivity contribution in [3.05, 3.63) is 48.5 Å². The van der Waals surface area contributed by atoms with Gasteiger partial charge in [0.1, 0.15) is 6.54 Å². The fourth-order valence-corrected chi connectivity index (χ4v) is 1.65. The Hall–Kier alpha value is -2.63. The molecule has 2 rings (SSSR count). The first-order chi connectivity index (χ1) is 9.69. The summed E-state index contributed by atoms with van der Waals surface area (Å²) < 4.78 is 6.55. The third-order valence-corrected chi connectivity index (χ3v) is 2.57. The van der Waals surface area contributed by atoms with Gasteiger partial charge in [-0.2, -0.15) is 0 Å². The minimum atomic E-state index is -0.371. The lowest BCUT2D eigenvalue weighted by atomic mass is 10.2. The first kappa shape index (κ1) is 13.8. The van der Waals surface area contributed by atoms with Crippen molar-refractivity contribution in [1.29, 1.82) is 0 Å². The van der Waals surface area contributed by atoms with Crippen LogP contribution in [0, 0.1) is 0 Å². The number of hydrogen-bond acceptors (Lipinski definition) is 4. The minimum Gasteiger partial charge on any atom is -0.462 e. The van der Waals surface area contributed by atoms with Gasteiger partial charge in [-0.3, -0.25) is 4.79 Å². The van der Waals surface area contributed by atoms with Crippen LogP contribution >= 0.6 is 0 Å². The summed E-state index contributed by atoms with van der Waals surface area (Å²) in [5, 5.41) is 2.74. The van der Waals surface area contributed by atoms with E-state index in [9.17, 15) is 9.59 Å². The molecule has 1 heterocycles. The van der Waals surface area contributed by atoms with Crippen molar-refractivity contribution in [1.82, 2.24) is 9.55 Å². The van der Waals surface area contributed by atoms with Crippen molar-refractivity contribution in [3.8, 4) is 0 Å². The van der Waals surface area contributed by atoms with Crippen LogP contribution in [0.25, 0.3) is 0 Å². The number of nitrogens with one attached hydrogen (secondary N) is 1. The van der Waals surface area contributed by atoms with Crippen molar-refractivity contribution in [2.45, 2.75) is 13.5 Å². The highest BCUT2D eigenvalue weighted by Crippen LogP contribution is 2.10. The molecular weight excluding hydrogens is 258 g/mol. The van der Waals surface area contributed by atoms with Crippen molar-refractivity contribution in [2.24, 2.45) is 0 Å². The van der Waals surface area contributed by atoms with Gasteiger partial charge in [-0.25, -0.2) is 9.78 Å². The van der Waals surface area contributed by atoms with E-state index in [0.717, 1.165) is 0 Å². The van der Waals surface area contributed by atoms with Crippen LogP contribution in [-0.4, -0.2) is 28.0 Å². The first-order valence-electron chi connectivity index (χ1n) is 6.22. The topological polar surface area (TPSA) is 73.2 Å². The molecule has 0 unspecified atom stereocenters. The molecular formula is C14H15N3O3. The number of nitrogens with zero attached hydrogens (tertiary/aromatic N) is 2. The zero-order valence-corrected chi connectivity index (χ0v) is 11.1. The molecule has 1 aromatic heterocycles. The summed E-state index contributed by atoms with van der Waals surface area (Å²) in [5.74, 6) is -0.532. The lowest BCUT2D eigenvalue weighted by molar-refractivity contribution is -0.116. The Bertz CT molecular complexity index is 576. The number of imidazole rings is 1. The number of anilines is 1. The molecule has 1 amide bonds. The highest BCUT2D eigenvalue weighted by Gasteiger charge is 2.07. The molecule has 2 aromatic rings. The quantitative estimate of drug-likeness (QED) is 0.841. The SMILES string of the molecule is CCOC(=O)c1ccc(NC(=O)Cn2ccnc2)cc1. The van der Waals surface area contributed by atoms with Crippen LogP contribution in [0.2, 0.25) is 0 Å². The number of aromatic nitrogens is 2. The van der Waals surface area contributed by atoms with E-state index >= 15 is 0 Å². The van der Waals surface area contributed by atoms with E-state index in [1.54, 1.807) is 54.5 Å². The molecule has 6 heteroatoms. The van der Waals surface area contributed by atoms with Crippen LogP contribution in [0.3, 0.4) is 0 Å². The van der Waals surface area contributed by atoms with E-state index in [-0.39, 0.29) is 18.4 Å². The largest absolute Gasteiger partial charge is 0.462 e. The number of benzene rings is 1. The van der Waals surface area contributed by atoms with Gasteiger partial charge >= 0.3 is 5.97 Å². The van der Waals surface area contributed by atoms with Crippen LogP contribution in [0.5, 0.6) is 0 Å². The van der Waals surface area contributed by atoms with Crippen LogP contribution in [0.1, 0.15) is 17.3 Å². The van der Waals surface area contributed by atoms with Gasteiger partial charge in [0.15, 0.2) is 0 Å². The first-order valence-corrected chi connectivity index (χ1v) is 6.22. The van der Waals surface area contributed by atoms with E-state index in [1.165, 1.54) is 0 Å². The molecule has 1 aromatic carbocycles. The third kappa shape index (κ3) is 3.68. The predicted molar refractivity (Wildman–Crippen MR) is 73.3 cm³/mol. The molecule has 0 spiro atoms. The predicted octanol–water partition coefficient (Wildman–Crippen LogP) is 1.70. The maximum atomic E-state index is 11.7. The van der Waals surface area contributed by atoms with Gasteiger partial charge < -0.3 is 14.6 Å². The zero-order chi connectivity index (χ0) is 14.4. The van der Waals surface area contributed by atoms with Crippen molar-refractivity contribution in [3.63, 3.8) is 0 Å². The Morgan fingerprint density at radius 2 is 2.05 bits per heavy atom. The summed E-state index contributed by atoms with van der Waals surface area (Å²) in [6.07, 6.45) is 4.90. The van der Waals surface area contributed by atoms with Crippen molar-refractivity contribution >= 4 is 17.6 Å². The Morgan fingerprint density at radius 3 is 2.65 bits per heavy atom. The summed E-state index contributed by atoms with van der Waals surface area (Å²) >= 11 is 0. The molecule has 0 radical (unpaired) electrons. The smallest absolute Gasteiger partial charge is 0.338 e. The summed E-state index contributed by atoms with van der Waals surface area (Å²) in [4.78, 5) is 27.1. The number of rotatable bonds is 5. The molecule has 0 aliphatic heterocycles. The Labute approximate surface area is 116 Å². The average molecular weight is 273 g/mol. The number of ether oxygens (including phenoxy) is 1. The number of carbonyl (C=O) groups is 2. The van der Waals surface area contributed by atoms with Gasteiger partial charge in [-0.1, -0.05) is 0 Å². The molecule has 0 saturated heterocycles. The Balaban J connectivity index is 1.93. The van der Waals surface area contributed by atoms with Crippen LogP contribution < -0.4 is 5.32 Å². The minimum absolute atomic E-state index is 0.160. The fourth-order valence-electron chi connectivity index (χ4n) is 1.65. The van der Waals surface area contributed by atoms with Gasteiger partial charge in [0, 0.05) is 18.1 Å². The maximum Gasteiger partial charge on any atom is 0.338 e. The van der Waals surface area contributed by atoms with Crippen LogP contribution in [0.4, 0.5) is 5.69 Å². The lowest BCUT2D eigenvalue weighted by Crippen LogP contribution is -2.17. The molecule has 104 valence electrons. The van der Waals surface area contributed by atoms with E-state index in [2.05, 4.69) is 10.3 Å². The van der Waals surface area contributed by atoms with Gasteiger partial charge in [-0.15, -0.1) is 0 Å². The third-order valence-electron chi connectivity index (χ3n) is 2.57. The monoisotopic (exact) mass is 273 g/mol. The number of carbonyl (C=O) groups excluding carboxylic acids is 2. The number of esters is 1. The highest BCUT2D eigenvalue weighted by molar-refractivity contribution is 5.92. The second kappa shape index (κ2) is 6.51. The van der Waals surface area contributed by atoms with Crippen LogP contribution in [-0.2, 0) is 16.1 Å². The van der Waals surface area contributed by atoms with E-state index < -0.39 is 0 Å². The second-order valence-electron chi connectivity index (χ2n) is 4.08. The highest BCUT2D eigenvalue weighted by atomic mass is 16.5. The number of hydrogen-bond donors (Lipinski definition) is 1. The molecule has 0 fully saturated rings. The van der Waals surface area contributed by atoms with Crippen LogP contribution in [0.15, 0.2) is 43.0 Å². The standard InChI is InChI=1S/C14H15N3O3/c1-2-20-14(19)11-3-5-12(6-4-11)16-13(18)9-17-8-7-15-10-17/h3-8,10H,2,9H2,1H3,(H,16,18). The van der Waals surface area contributed by atoms with Crippen molar-refractivity contribution < 1.29 is 14.3 Å². The summed E-state index contributed by atoms with van der Waals surface area (Å²) in [7, 11) is 0. The molecule has 0 atom stereocenters. The number of amides is 1. The van der Waals surface area contributed by atoms with E-state index in [1.807, 2.05) is 0 Å². The van der Waals surface area contributed by atoms with Crippen molar-refractivity contribution in [2.75, 3.05) is 11.9 Å². The Morgan fingerprint density at radius 1 is 1.30 bits per heavy atom. The van der Waals surface area contributed by atoms with Gasteiger partial charge in [-0.05, 0) is 31.2 Å². The lowest BCUT2D eigenvalue weighted by Gasteiger charge is -2.07. The molecule has 20 heavy (non-hydrogen) atoms. The maximum absolute atomic E-state index is 11.7. The average Bonchev–Trinajstić information content (AvgIpc) is 2.92. The molecule has 6 nitrogen and oxygen atoms in total. The summed E-state index contributed by atoms with van der Waals surface area (Å²) in [5.41, 5.74) is 1.09. The molecule has 0 bridgehead atoms. The van der Waals surface area contributed by atoms with E-state index in [0.29, 0.717) is 17.9 Å². The van der Waals surface area contributed by atoms with E-state index in [4.69, 9.17) is 4.74 Å². The van der Waals surface area contributed by atoms with Gasteiger partial charge in [0.25, 0.3) is 0 Å². The normalized spacial score (nSPS) is 10.1. The molecule has 1 N–H and O–H groups in total.